The van der Waals surface area contributed by atoms with Crippen LogP contribution in [0.25, 0.3) is 5.69 Å². The summed E-state index contributed by atoms with van der Waals surface area (Å²) < 4.78 is 1.81. The summed E-state index contributed by atoms with van der Waals surface area (Å²) in [5.41, 5.74) is 4.86. The number of rotatable bonds is 7. The van der Waals surface area contributed by atoms with Crippen molar-refractivity contribution in [1.29, 1.82) is 0 Å². The lowest BCUT2D eigenvalue weighted by Crippen LogP contribution is -2.23. The van der Waals surface area contributed by atoms with Crippen LogP contribution in [0.4, 0.5) is 17.1 Å². The second-order valence-corrected chi connectivity index (χ2v) is 8.14. The lowest BCUT2D eigenvalue weighted by molar-refractivity contribution is -0.114. The summed E-state index contributed by atoms with van der Waals surface area (Å²) in [4.78, 5) is 25.3. The minimum absolute atomic E-state index is 0.0171. The summed E-state index contributed by atoms with van der Waals surface area (Å²) in [5.74, 6) is -0.493. The van der Waals surface area contributed by atoms with Gasteiger partial charge >= 0.3 is 0 Å². The SMILES string of the molecule is Cc1nn(-c2ccccc2)c(C)c1NC(=O)CNc1ccccc1NC(=O)c1ccc(Cl)cc1. The van der Waals surface area contributed by atoms with Gasteiger partial charge in [-0.25, -0.2) is 4.68 Å². The van der Waals surface area contributed by atoms with Gasteiger partial charge in [-0.1, -0.05) is 41.9 Å². The number of hydrogen-bond acceptors (Lipinski definition) is 4. The number of aromatic nitrogens is 2. The molecule has 0 aliphatic carbocycles. The maximum atomic E-state index is 12.7. The van der Waals surface area contributed by atoms with E-state index in [1.165, 1.54) is 0 Å². The molecular weight excluding hydrogens is 450 g/mol. The van der Waals surface area contributed by atoms with Gasteiger partial charge in [0, 0.05) is 10.6 Å². The Morgan fingerprint density at radius 3 is 2.21 bits per heavy atom. The van der Waals surface area contributed by atoms with Gasteiger partial charge in [-0.2, -0.15) is 5.10 Å². The molecule has 0 spiro atoms. The first-order chi connectivity index (χ1) is 16.4. The Labute approximate surface area is 202 Å². The third-order valence-corrected chi connectivity index (χ3v) is 5.53. The third-order valence-electron chi connectivity index (χ3n) is 5.28. The van der Waals surface area contributed by atoms with E-state index in [-0.39, 0.29) is 18.4 Å². The fourth-order valence-electron chi connectivity index (χ4n) is 3.55. The van der Waals surface area contributed by atoms with Crippen molar-refractivity contribution in [1.82, 2.24) is 9.78 Å². The first-order valence-electron chi connectivity index (χ1n) is 10.7. The maximum Gasteiger partial charge on any atom is 0.255 e. The molecule has 172 valence electrons. The molecule has 8 heteroatoms. The van der Waals surface area contributed by atoms with Crippen LogP contribution < -0.4 is 16.0 Å². The number of nitrogens with one attached hydrogen (secondary N) is 3. The zero-order valence-corrected chi connectivity index (χ0v) is 19.6. The number of carbonyl (C=O) groups excluding carboxylic acids is 2. The van der Waals surface area contributed by atoms with Crippen LogP contribution in [0, 0.1) is 13.8 Å². The highest BCUT2D eigenvalue weighted by Gasteiger charge is 2.16. The van der Waals surface area contributed by atoms with Gasteiger partial charge in [0.2, 0.25) is 5.91 Å². The molecule has 3 N–H and O–H groups in total. The van der Waals surface area contributed by atoms with Crippen LogP contribution in [-0.4, -0.2) is 28.1 Å². The molecular formula is C26H24ClN5O2. The van der Waals surface area contributed by atoms with Crippen molar-refractivity contribution < 1.29 is 9.59 Å². The van der Waals surface area contributed by atoms with Gasteiger partial charge in [0.15, 0.2) is 0 Å². The molecule has 0 bridgehead atoms. The van der Waals surface area contributed by atoms with Crippen molar-refractivity contribution in [2.45, 2.75) is 13.8 Å². The van der Waals surface area contributed by atoms with E-state index in [0.717, 1.165) is 17.1 Å². The normalized spacial score (nSPS) is 10.6. The van der Waals surface area contributed by atoms with Crippen LogP contribution >= 0.6 is 11.6 Å². The summed E-state index contributed by atoms with van der Waals surface area (Å²) in [5, 5.41) is 14.0. The summed E-state index contributed by atoms with van der Waals surface area (Å²) in [6.45, 7) is 3.79. The van der Waals surface area contributed by atoms with E-state index in [2.05, 4.69) is 21.0 Å². The second kappa shape index (κ2) is 10.2. The highest BCUT2D eigenvalue weighted by molar-refractivity contribution is 6.30. The van der Waals surface area contributed by atoms with E-state index in [9.17, 15) is 9.59 Å². The zero-order chi connectivity index (χ0) is 24.1. The minimum Gasteiger partial charge on any atom is -0.374 e. The van der Waals surface area contributed by atoms with Gasteiger partial charge < -0.3 is 16.0 Å². The number of anilines is 3. The van der Waals surface area contributed by atoms with Gasteiger partial charge in [0.1, 0.15) is 0 Å². The molecule has 34 heavy (non-hydrogen) atoms. The van der Waals surface area contributed by atoms with Gasteiger partial charge in [-0.05, 0) is 62.4 Å². The Balaban J connectivity index is 1.42. The monoisotopic (exact) mass is 473 g/mol. The van der Waals surface area contributed by atoms with Crippen molar-refractivity contribution in [3.8, 4) is 5.69 Å². The lowest BCUT2D eigenvalue weighted by Gasteiger charge is -2.13. The molecule has 2 amide bonds. The molecule has 0 aliphatic heterocycles. The molecule has 0 unspecified atom stereocenters. The standard InChI is InChI=1S/C26H24ClN5O2/c1-17-25(18(2)32(31-17)21-8-4-3-5-9-21)30-24(33)16-28-22-10-6-7-11-23(22)29-26(34)19-12-14-20(27)15-13-19/h3-15,28H,16H2,1-2H3,(H,29,34)(H,30,33). The number of amides is 2. The quantitative estimate of drug-likeness (QED) is 0.333. The maximum absolute atomic E-state index is 12.7. The van der Waals surface area contributed by atoms with Crippen LogP contribution in [0.1, 0.15) is 21.7 Å². The van der Waals surface area contributed by atoms with Crippen molar-refractivity contribution in [2.75, 3.05) is 22.5 Å². The van der Waals surface area contributed by atoms with Crippen molar-refractivity contribution in [2.24, 2.45) is 0 Å². The van der Waals surface area contributed by atoms with E-state index >= 15 is 0 Å². The molecule has 0 saturated heterocycles. The lowest BCUT2D eigenvalue weighted by atomic mass is 10.2. The number of para-hydroxylation sites is 3. The first-order valence-corrected chi connectivity index (χ1v) is 11.1. The number of halogens is 1. The highest BCUT2D eigenvalue weighted by atomic mass is 35.5. The summed E-state index contributed by atoms with van der Waals surface area (Å²) in [6, 6.07) is 23.6. The molecule has 4 aromatic rings. The van der Waals surface area contributed by atoms with Gasteiger partial charge in [0.05, 0.1) is 40.7 Å². The minimum atomic E-state index is -0.269. The van der Waals surface area contributed by atoms with Crippen LogP contribution in [0.2, 0.25) is 5.02 Å². The van der Waals surface area contributed by atoms with Crippen LogP contribution in [0.3, 0.4) is 0 Å². The van der Waals surface area contributed by atoms with Crippen molar-refractivity contribution in [3.63, 3.8) is 0 Å². The van der Waals surface area contributed by atoms with Gasteiger partial charge in [-0.15, -0.1) is 0 Å². The van der Waals surface area contributed by atoms with E-state index < -0.39 is 0 Å². The number of aryl methyl sites for hydroxylation is 1. The second-order valence-electron chi connectivity index (χ2n) is 7.70. The number of nitrogens with zero attached hydrogens (tertiary/aromatic N) is 2. The summed E-state index contributed by atoms with van der Waals surface area (Å²) in [7, 11) is 0. The average molecular weight is 474 g/mol. The van der Waals surface area contributed by atoms with Crippen molar-refractivity contribution in [3.05, 3.63) is 101 Å². The Hall–Kier alpha value is -4.10. The summed E-state index contributed by atoms with van der Waals surface area (Å²) in [6.07, 6.45) is 0. The number of benzene rings is 3. The molecule has 0 radical (unpaired) electrons. The Morgan fingerprint density at radius 2 is 1.50 bits per heavy atom. The molecule has 1 heterocycles. The molecule has 4 rings (SSSR count). The largest absolute Gasteiger partial charge is 0.374 e. The fraction of sp³-hybridized carbons (Fsp3) is 0.115. The van der Waals surface area contributed by atoms with Crippen molar-refractivity contribution >= 4 is 40.5 Å². The van der Waals surface area contributed by atoms with Crippen LogP contribution in [-0.2, 0) is 4.79 Å². The number of hydrogen-bond donors (Lipinski definition) is 3. The average Bonchev–Trinajstić information content (AvgIpc) is 3.12. The predicted molar refractivity (Wildman–Crippen MR) is 136 cm³/mol. The zero-order valence-electron chi connectivity index (χ0n) is 18.8. The molecule has 0 saturated carbocycles. The predicted octanol–water partition coefficient (Wildman–Crippen LogP) is 5.45. The van der Waals surface area contributed by atoms with E-state index in [1.54, 1.807) is 41.1 Å². The Bertz CT molecular complexity index is 1320. The van der Waals surface area contributed by atoms with Gasteiger partial charge in [-0.3, -0.25) is 9.59 Å². The molecule has 0 atom stereocenters. The third kappa shape index (κ3) is 5.27. The van der Waals surface area contributed by atoms with Crippen LogP contribution in [0.5, 0.6) is 0 Å². The molecule has 3 aromatic carbocycles. The van der Waals surface area contributed by atoms with E-state index in [0.29, 0.717) is 27.6 Å². The highest BCUT2D eigenvalue weighted by Crippen LogP contribution is 2.24. The topological polar surface area (TPSA) is 88.1 Å². The summed E-state index contributed by atoms with van der Waals surface area (Å²) >= 11 is 5.90. The Morgan fingerprint density at radius 1 is 0.853 bits per heavy atom. The molecule has 1 aromatic heterocycles. The first kappa shape index (κ1) is 23.1. The molecule has 0 fully saturated rings. The Kier molecular flexibility index (Phi) is 6.94. The van der Waals surface area contributed by atoms with E-state index in [1.807, 2.05) is 56.3 Å². The van der Waals surface area contributed by atoms with E-state index in [4.69, 9.17) is 11.6 Å². The van der Waals surface area contributed by atoms with Gasteiger partial charge in [0.25, 0.3) is 5.91 Å². The van der Waals surface area contributed by atoms with Crippen LogP contribution in [0.15, 0.2) is 78.9 Å². The number of carbonyl (C=O) groups is 2. The fourth-order valence-corrected chi connectivity index (χ4v) is 3.67. The smallest absolute Gasteiger partial charge is 0.255 e. The molecule has 0 aliphatic rings. The molecule has 7 nitrogen and oxygen atoms in total.